The van der Waals surface area contributed by atoms with Crippen molar-refractivity contribution in [1.29, 1.82) is 0 Å². The summed E-state index contributed by atoms with van der Waals surface area (Å²) in [6.07, 6.45) is 0.727. The Bertz CT molecular complexity index is 884. The molecular formula is C18H17NO3. The number of hydrogen-bond acceptors (Lipinski definition) is 3. The van der Waals surface area contributed by atoms with Gasteiger partial charge in [0.15, 0.2) is 6.29 Å². The molecule has 0 fully saturated rings. The van der Waals surface area contributed by atoms with Gasteiger partial charge in [-0.05, 0) is 18.2 Å². The molecule has 0 aliphatic rings. The summed E-state index contributed by atoms with van der Waals surface area (Å²) in [5, 5.41) is 4.68. The molecule has 112 valence electrons. The molecule has 2 aromatic carbocycles. The molecule has 0 saturated heterocycles. The Hall–Kier alpha value is -2.62. The Morgan fingerprint density at radius 2 is 1.82 bits per heavy atom. The van der Waals surface area contributed by atoms with Crippen LogP contribution < -0.4 is 5.32 Å². The number of amides is 1. The van der Waals surface area contributed by atoms with E-state index in [1.54, 1.807) is 12.1 Å². The zero-order valence-corrected chi connectivity index (χ0v) is 12.8. The van der Waals surface area contributed by atoms with Gasteiger partial charge in [0.05, 0.1) is 5.69 Å². The molecule has 0 unspecified atom stereocenters. The Morgan fingerprint density at radius 3 is 2.50 bits per heavy atom. The lowest BCUT2D eigenvalue weighted by Gasteiger charge is -2.18. The van der Waals surface area contributed by atoms with E-state index >= 15 is 0 Å². The van der Waals surface area contributed by atoms with Crippen molar-refractivity contribution in [3.8, 4) is 0 Å². The number of fused-ring (bicyclic) bond motifs is 3. The highest BCUT2D eigenvalue weighted by Crippen LogP contribution is 2.32. The second-order valence-electron chi connectivity index (χ2n) is 6.36. The van der Waals surface area contributed by atoms with Crippen molar-refractivity contribution in [1.82, 2.24) is 0 Å². The van der Waals surface area contributed by atoms with Crippen molar-refractivity contribution >= 4 is 39.8 Å². The standard InChI is InChI=1S/C18H17NO3/c1-18(2,3)17(21)19-14-9-13-12-6-4-5-7-15(12)22-16(13)8-11(14)10-20/h4-10H,1-3H3,(H,19,21). The number of carbonyl (C=O) groups excluding carboxylic acids is 2. The topological polar surface area (TPSA) is 59.3 Å². The number of rotatable bonds is 2. The average molecular weight is 295 g/mol. The molecule has 1 N–H and O–H groups in total. The van der Waals surface area contributed by atoms with Gasteiger partial charge in [-0.2, -0.15) is 0 Å². The van der Waals surface area contributed by atoms with Gasteiger partial charge in [-0.3, -0.25) is 9.59 Å². The summed E-state index contributed by atoms with van der Waals surface area (Å²) in [4.78, 5) is 23.5. The van der Waals surface area contributed by atoms with Crippen molar-refractivity contribution in [2.24, 2.45) is 5.41 Å². The molecule has 0 aliphatic heterocycles. The normalized spacial score (nSPS) is 11.8. The minimum Gasteiger partial charge on any atom is -0.456 e. The summed E-state index contributed by atoms with van der Waals surface area (Å²) in [5.41, 5.74) is 1.77. The largest absolute Gasteiger partial charge is 0.456 e. The lowest BCUT2D eigenvalue weighted by Crippen LogP contribution is -2.28. The van der Waals surface area contributed by atoms with Crippen LogP contribution in [-0.2, 0) is 4.79 Å². The number of carbonyl (C=O) groups is 2. The van der Waals surface area contributed by atoms with Gasteiger partial charge in [0, 0.05) is 21.8 Å². The molecule has 3 aromatic rings. The highest BCUT2D eigenvalue weighted by atomic mass is 16.3. The summed E-state index contributed by atoms with van der Waals surface area (Å²) in [5.74, 6) is -0.136. The van der Waals surface area contributed by atoms with Gasteiger partial charge in [0.1, 0.15) is 11.2 Å². The van der Waals surface area contributed by atoms with E-state index in [1.165, 1.54) is 0 Å². The van der Waals surface area contributed by atoms with E-state index in [1.807, 2.05) is 45.0 Å². The number of hydrogen-bond donors (Lipinski definition) is 1. The molecule has 0 bridgehead atoms. The number of furan rings is 1. The SMILES string of the molecule is CC(C)(C)C(=O)Nc1cc2c(cc1C=O)oc1ccccc12. The first kappa shape index (κ1) is 14.3. The fourth-order valence-corrected chi connectivity index (χ4v) is 2.30. The maximum Gasteiger partial charge on any atom is 0.229 e. The molecule has 3 rings (SSSR count). The predicted molar refractivity (Wildman–Crippen MR) is 87.2 cm³/mol. The van der Waals surface area contributed by atoms with E-state index in [4.69, 9.17) is 4.42 Å². The van der Waals surface area contributed by atoms with Crippen LogP contribution in [-0.4, -0.2) is 12.2 Å². The second kappa shape index (κ2) is 4.98. The first-order chi connectivity index (χ1) is 10.4. The predicted octanol–water partition coefficient (Wildman–Crippen LogP) is 4.38. The molecule has 22 heavy (non-hydrogen) atoms. The van der Waals surface area contributed by atoms with Crippen LogP contribution in [0.1, 0.15) is 31.1 Å². The molecule has 4 nitrogen and oxygen atoms in total. The minimum atomic E-state index is -0.534. The molecule has 1 heterocycles. The quantitative estimate of drug-likeness (QED) is 0.713. The van der Waals surface area contributed by atoms with Crippen molar-refractivity contribution in [3.63, 3.8) is 0 Å². The van der Waals surface area contributed by atoms with Crippen LogP contribution >= 0.6 is 0 Å². The van der Waals surface area contributed by atoms with E-state index in [2.05, 4.69) is 5.32 Å². The third-order valence-corrected chi connectivity index (χ3v) is 3.61. The smallest absolute Gasteiger partial charge is 0.229 e. The summed E-state index contributed by atoms with van der Waals surface area (Å²) in [6.45, 7) is 5.48. The number of para-hydroxylation sites is 1. The van der Waals surface area contributed by atoms with Gasteiger partial charge in [-0.1, -0.05) is 39.0 Å². The summed E-state index contributed by atoms with van der Waals surface area (Å²) < 4.78 is 5.75. The number of benzene rings is 2. The molecule has 0 radical (unpaired) electrons. The Labute approximate surface area is 128 Å². The Morgan fingerprint density at radius 1 is 1.09 bits per heavy atom. The summed E-state index contributed by atoms with van der Waals surface area (Å²) in [7, 11) is 0. The van der Waals surface area contributed by atoms with Crippen LogP contribution in [0.5, 0.6) is 0 Å². The van der Waals surface area contributed by atoms with E-state index in [9.17, 15) is 9.59 Å². The molecule has 0 atom stereocenters. The summed E-state index contributed by atoms with van der Waals surface area (Å²) >= 11 is 0. The van der Waals surface area contributed by atoms with Gasteiger partial charge >= 0.3 is 0 Å². The molecular weight excluding hydrogens is 278 g/mol. The van der Waals surface area contributed by atoms with Crippen LogP contribution in [0.15, 0.2) is 40.8 Å². The van der Waals surface area contributed by atoms with Crippen LogP contribution in [0.3, 0.4) is 0 Å². The zero-order chi connectivity index (χ0) is 15.9. The van der Waals surface area contributed by atoms with Gasteiger partial charge in [0.25, 0.3) is 0 Å². The van der Waals surface area contributed by atoms with Crippen LogP contribution in [0.25, 0.3) is 21.9 Å². The highest BCUT2D eigenvalue weighted by Gasteiger charge is 2.22. The highest BCUT2D eigenvalue weighted by molar-refractivity contribution is 6.10. The van der Waals surface area contributed by atoms with Gasteiger partial charge in [0.2, 0.25) is 5.91 Å². The molecule has 4 heteroatoms. The van der Waals surface area contributed by atoms with Crippen LogP contribution in [0, 0.1) is 5.41 Å². The summed E-state index contributed by atoms with van der Waals surface area (Å²) in [6, 6.07) is 11.1. The monoisotopic (exact) mass is 295 g/mol. The fraction of sp³-hybridized carbons (Fsp3) is 0.222. The van der Waals surface area contributed by atoms with E-state index in [-0.39, 0.29) is 5.91 Å². The fourth-order valence-electron chi connectivity index (χ4n) is 2.30. The lowest BCUT2D eigenvalue weighted by molar-refractivity contribution is -0.123. The molecule has 0 aliphatic carbocycles. The van der Waals surface area contributed by atoms with Crippen LogP contribution in [0.2, 0.25) is 0 Å². The van der Waals surface area contributed by atoms with E-state index in [0.29, 0.717) is 16.8 Å². The van der Waals surface area contributed by atoms with Crippen molar-refractivity contribution in [2.75, 3.05) is 5.32 Å². The number of anilines is 1. The number of aldehydes is 1. The first-order valence-corrected chi connectivity index (χ1v) is 7.12. The molecule has 1 aromatic heterocycles. The zero-order valence-electron chi connectivity index (χ0n) is 12.8. The molecule has 1 amide bonds. The second-order valence-corrected chi connectivity index (χ2v) is 6.36. The van der Waals surface area contributed by atoms with Gasteiger partial charge in [-0.15, -0.1) is 0 Å². The molecule has 0 saturated carbocycles. The van der Waals surface area contributed by atoms with E-state index in [0.717, 1.165) is 22.6 Å². The maximum absolute atomic E-state index is 12.2. The average Bonchev–Trinajstić information content (AvgIpc) is 2.83. The lowest BCUT2D eigenvalue weighted by atomic mass is 9.95. The molecule has 0 spiro atoms. The number of nitrogens with one attached hydrogen (secondary N) is 1. The third-order valence-electron chi connectivity index (χ3n) is 3.61. The minimum absolute atomic E-state index is 0.136. The Kier molecular flexibility index (Phi) is 3.24. The van der Waals surface area contributed by atoms with Gasteiger partial charge in [-0.25, -0.2) is 0 Å². The van der Waals surface area contributed by atoms with Crippen molar-refractivity contribution in [3.05, 3.63) is 42.0 Å². The van der Waals surface area contributed by atoms with Gasteiger partial charge < -0.3 is 9.73 Å². The first-order valence-electron chi connectivity index (χ1n) is 7.12. The van der Waals surface area contributed by atoms with Crippen molar-refractivity contribution < 1.29 is 14.0 Å². The maximum atomic E-state index is 12.2. The Balaban J connectivity index is 2.18. The third kappa shape index (κ3) is 2.37. The van der Waals surface area contributed by atoms with E-state index < -0.39 is 5.41 Å². The van der Waals surface area contributed by atoms with Crippen molar-refractivity contribution in [2.45, 2.75) is 20.8 Å². The van der Waals surface area contributed by atoms with Crippen LogP contribution in [0.4, 0.5) is 5.69 Å².